The van der Waals surface area contributed by atoms with Gasteiger partial charge in [0.1, 0.15) is 56.6 Å². The van der Waals surface area contributed by atoms with Gasteiger partial charge in [0.25, 0.3) is 0 Å². The molecule has 0 radical (unpaired) electrons. The monoisotopic (exact) mass is 1540 g/mol. The van der Waals surface area contributed by atoms with E-state index in [9.17, 15) is 28.8 Å². The van der Waals surface area contributed by atoms with Gasteiger partial charge in [-0.2, -0.15) is 9.97 Å². The van der Waals surface area contributed by atoms with Gasteiger partial charge < -0.3 is 72.3 Å². The first-order chi connectivity index (χ1) is 49.9. The number of hydrogen-bond acceptors (Lipinski definition) is 25. The first kappa shape index (κ1) is 98.1. The second kappa shape index (κ2) is 50.0. The Labute approximate surface area is 687 Å². The van der Waals surface area contributed by atoms with Gasteiger partial charge >= 0.3 is 69.3 Å². The average Bonchev–Trinajstić information content (AvgIpc) is 0.819. The Balaban J connectivity index is 0.000000752. The molecule has 0 unspecified atom stereocenters. The fourth-order valence-electron chi connectivity index (χ4n) is 10.7. The second-order valence-corrected chi connectivity index (χ2v) is 29.0. The number of halogens is 1. The molecule has 0 fully saturated rings. The molecule has 6 rings (SSSR count). The van der Waals surface area contributed by atoms with E-state index in [1.807, 2.05) is 135 Å². The summed E-state index contributed by atoms with van der Waals surface area (Å²) in [6.07, 6.45) is 17.5. The molecule has 3 aromatic heterocycles. The Morgan fingerprint density at radius 1 is 0.491 bits per heavy atom. The second-order valence-electron chi connectivity index (χ2n) is 28.7. The molecule has 0 aliphatic carbocycles. The van der Waals surface area contributed by atoms with Crippen LogP contribution in [0.3, 0.4) is 0 Å². The first-order valence-corrected chi connectivity index (χ1v) is 36.6. The summed E-state index contributed by atoms with van der Waals surface area (Å²) in [4.78, 5) is 97.1. The molecule has 588 valence electrons. The van der Waals surface area contributed by atoms with E-state index in [1.54, 1.807) is 40.4 Å². The van der Waals surface area contributed by atoms with Gasteiger partial charge in [-0.05, 0) is 168 Å². The molecule has 27 heteroatoms. The molecule has 3 aromatic carbocycles. The Kier molecular flexibility index (Phi) is 45.4. The third kappa shape index (κ3) is 39.4. The summed E-state index contributed by atoms with van der Waals surface area (Å²) in [5.41, 5.74) is 28.9. The topological polar surface area (TPSA) is 393 Å². The number of benzene rings is 3. The maximum absolute atomic E-state index is 12.6. The number of aryl methyl sites for hydroxylation is 1. The number of unbranched alkanes of at least 4 members (excludes halogenated alkanes) is 3. The molecular formula is C81H118ClKN12O13. The predicted octanol–water partition coefficient (Wildman–Crippen LogP) is 11.8. The Morgan fingerprint density at radius 3 is 1.21 bits per heavy atom. The van der Waals surface area contributed by atoms with Crippen molar-refractivity contribution in [2.45, 2.75) is 248 Å². The summed E-state index contributed by atoms with van der Waals surface area (Å²) < 4.78 is 32.7. The van der Waals surface area contributed by atoms with Gasteiger partial charge in [0.15, 0.2) is 11.6 Å². The molecule has 0 spiro atoms. The minimum Gasteiger partial charge on any atom is -0.870 e. The Hall–Kier alpha value is -7.95. The standard InChI is InChI=1S/C27H40N4O4.C27H38N4O4.C16H16ClN3O2.C11H23NO2.K.H2O/c2*1-7-8-12-20(17-24(33)35-27(3,4)5)29-25-21(16-19-11-9-10-13-23(19)34-6)22(15-14-18(2)32)30-26(28)31-25;1-10(21)7-8-13-12(15(17)20-16(18)19-13)9-11-5-3-4-6-14(11)22-2;1-5-6-7-9(12)8-10(13)14-11(2,3)4;;/h9-11,13,20H,7-8,12,14-17H2,1-6H3,(H3,28,29,30,31);9-11,13-15,20H,7-8,12,16-17H2,1-6H3,(H3,28,29,30,31);3-8H,9H2,1-2H3,(H2,18,19,20);9H,5-8,12H2,1-4H3;;1H2/q;;;;+1;/p-1/b;15-14+;8-7+;;;/t2*20-;;9-;;/m00.0../s1. The van der Waals surface area contributed by atoms with Gasteiger partial charge in [-0.25, -0.2) is 19.9 Å². The number of para-hydroxylation sites is 3. The van der Waals surface area contributed by atoms with E-state index in [0.717, 1.165) is 103 Å². The van der Waals surface area contributed by atoms with Crippen molar-refractivity contribution in [3.05, 3.63) is 141 Å². The van der Waals surface area contributed by atoms with Gasteiger partial charge in [-0.3, -0.25) is 24.0 Å². The van der Waals surface area contributed by atoms with Crippen LogP contribution in [-0.2, 0) is 68.7 Å². The van der Waals surface area contributed by atoms with E-state index < -0.39 is 16.8 Å². The average molecular weight is 1540 g/mol. The molecule has 0 bridgehead atoms. The minimum atomic E-state index is -0.564. The number of Topliss-reactive ketones (excluding diaryl/α,β-unsaturated/α-hetero) is 1. The van der Waals surface area contributed by atoms with Gasteiger partial charge in [-0.15, -0.1) is 0 Å². The number of allylic oxidation sites excluding steroid dienone is 2. The summed E-state index contributed by atoms with van der Waals surface area (Å²) in [5.74, 6) is 2.74. The number of ketones is 3. The van der Waals surface area contributed by atoms with Crippen LogP contribution in [0.1, 0.15) is 238 Å². The number of nitrogens with two attached hydrogens (primary N) is 4. The normalized spacial score (nSPS) is 12.0. The first-order valence-electron chi connectivity index (χ1n) is 36.2. The smallest absolute Gasteiger partial charge is 0.870 e. The van der Waals surface area contributed by atoms with Crippen LogP contribution in [0.15, 0.2) is 84.9 Å². The number of carbonyl (C=O) groups is 6. The van der Waals surface area contributed by atoms with Crippen molar-refractivity contribution in [3.8, 4) is 17.2 Å². The van der Waals surface area contributed by atoms with E-state index in [0.29, 0.717) is 72.8 Å². The number of methoxy groups -OCH3 is 3. The number of carbonyl (C=O) groups excluding carboxylic acids is 6. The van der Waals surface area contributed by atoms with Gasteiger partial charge in [0.2, 0.25) is 17.8 Å². The molecule has 3 atom stereocenters. The van der Waals surface area contributed by atoms with E-state index in [4.69, 9.17) is 63.0 Å². The maximum atomic E-state index is 12.6. The number of nitrogen functional groups attached to an aromatic ring is 3. The molecule has 6 aromatic rings. The molecule has 0 aliphatic rings. The summed E-state index contributed by atoms with van der Waals surface area (Å²) in [6, 6.07) is 22.6. The van der Waals surface area contributed by atoms with E-state index in [-0.39, 0.29) is 146 Å². The van der Waals surface area contributed by atoms with Crippen LogP contribution in [0, 0.1) is 0 Å². The molecule has 0 saturated heterocycles. The Bertz CT molecular complexity index is 3870. The fourth-order valence-corrected chi connectivity index (χ4v) is 10.9. The number of aromatic nitrogens is 6. The summed E-state index contributed by atoms with van der Waals surface area (Å²) >= 11 is 6.20. The van der Waals surface area contributed by atoms with Crippen LogP contribution in [0.5, 0.6) is 17.2 Å². The molecule has 11 N–H and O–H groups in total. The van der Waals surface area contributed by atoms with Gasteiger partial charge in [0.05, 0.1) is 57.7 Å². The molecule has 108 heavy (non-hydrogen) atoms. The quantitative estimate of drug-likeness (QED) is 0.00707. The largest absolute Gasteiger partial charge is 1.00 e. The minimum absolute atomic E-state index is 0. The van der Waals surface area contributed by atoms with Crippen molar-refractivity contribution in [2.75, 3.05) is 49.2 Å². The SMILES string of the molecule is CCCC[C@@H](CC(=O)OC(C)(C)C)Nc1nc(N)nc(/C=C/C(C)=O)c1Cc1ccccc1OC.CCCC[C@@H](CC(=O)OC(C)(C)C)Nc1nc(N)nc(CCC(C)=O)c1Cc1ccccc1OC.CCCC[C@H](N)CC(=O)OC(C)(C)C.COc1ccccc1Cc1c(Cl)nc(N)nc1/C=C/C(C)=O.[K+].[OH-]. The molecular weight excluding hydrogens is 1420 g/mol. The van der Waals surface area contributed by atoms with Crippen LogP contribution in [0.2, 0.25) is 5.15 Å². The number of rotatable bonds is 35. The fraction of sp³-hybridized carbons (Fsp3) is 0.506. The van der Waals surface area contributed by atoms with Gasteiger partial charge in [0, 0.05) is 60.5 Å². The number of nitrogens with zero attached hydrogens (tertiary/aromatic N) is 6. The van der Waals surface area contributed by atoms with Crippen molar-refractivity contribution in [1.82, 2.24) is 29.9 Å². The van der Waals surface area contributed by atoms with Crippen LogP contribution in [-0.4, -0.2) is 127 Å². The molecule has 0 amide bonds. The van der Waals surface area contributed by atoms with Crippen LogP contribution >= 0.6 is 11.6 Å². The third-order valence-corrected chi connectivity index (χ3v) is 15.8. The zero-order chi connectivity index (χ0) is 79.3. The Morgan fingerprint density at radius 2 is 0.833 bits per heavy atom. The maximum Gasteiger partial charge on any atom is 1.00 e. The van der Waals surface area contributed by atoms with Crippen molar-refractivity contribution in [1.29, 1.82) is 0 Å². The zero-order valence-corrected chi connectivity index (χ0v) is 71.1. The summed E-state index contributed by atoms with van der Waals surface area (Å²) in [7, 11) is 4.86. The van der Waals surface area contributed by atoms with Crippen LogP contribution < -0.4 is 99.2 Å². The van der Waals surface area contributed by atoms with E-state index in [2.05, 4.69) is 61.3 Å². The number of nitrogens with one attached hydrogen (secondary N) is 2. The molecule has 0 aliphatic heterocycles. The number of anilines is 5. The molecule has 25 nitrogen and oxygen atoms in total. The van der Waals surface area contributed by atoms with E-state index in [1.165, 1.54) is 26.0 Å². The molecule has 3 heterocycles. The van der Waals surface area contributed by atoms with Crippen molar-refractivity contribution in [3.63, 3.8) is 0 Å². The third-order valence-electron chi connectivity index (χ3n) is 15.5. The van der Waals surface area contributed by atoms with E-state index >= 15 is 0 Å². The summed E-state index contributed by atoms with van der Waals surface area (Å²) in [5, 5.41) is 7.17. The predicted molar refractivity (Wildman–Crippen MR) is 425 cm³/mol. The zero-order valence-electron chi connectivity index (χ0n) is 67.2. The van der Waals surface area contributed by atoms with Crippen molar-refractivity contribution < 1.29 is 114 Å². The van der Waals surface area contributed by atoms with Crippen LogP contribution in [0.4, 0.5) is 29.5 Å². The number of hydrogen-bond donors (Lipinski definition) is 6. The number of ether oxygens (including phenoxy) is 6. The molecule has 0 saturated carbocycles. The van der Waals surface area contributed by atoms with Gasteiger partial charge in [-0.1, -0.05) is 125 Å². The van der Waals surface area contributed by atoms with Crippen molar-refractivity contribution in [2.24, 2.45) is 5.73 Å². The number of esters is 3. The van der Waals surface area contributed by atoms with Crippen molar-refractivity contribution >= 4 is 88.5 Å². The van der Waals surface area contributed by atoms with Crippen LogP contribution in [0.25, 0.3) is 12.2 Å². The summed E-state index contributed by atoms with van der Waals surface area (Å²) in [6.45, 7) is 27.5.